The van der Waals surface area contributed by atoms with Crippen molar-refractivity contribution in [2.24, 2.45) is 0 Å². The predicted molar refractivity (Wildman–Crippen MR) is 50.6 cm³/mol. The lowest BCUT2D eigenvalue weighted by Crippen LogP contribution is -2.68. The van der Waals surface area contributed by atoms with Gasteiger partial charge >= 0.3 is 5.97 Å². The van der Waals surface area contributed by atoms with Gasteiger partial charge in [-0.3, -0.25) is 5.26 Å². The fourth-order valence-corrected chi connectivity index (χ4v) is 1.35. The summed E-state index contributed by atoms with van der Waals surface area (Å²) in [5.41, 5.74) is -2.96. The molecular weight excluding hydrogens is 240 g/mol. The Morgan fingerprint density at radius 3 is 2.06 bits per heavy atom. The highest BCUT2D eigenvalue weighted by Gasteiger charge is 2.62. The molecule has 0 aromatic carbocycles. The molecule has 0 aromatic rings. The lowest BCUT2D eigenvalue weighted by Gasteiger charge is -2.40. The molecule has 0 spiro atoms. The van der Waals surface area contributed by atoms with Gasteiger partial charge in [0.2, 0.25) is 5.79 Å². The number of carbonyl (C=O) groups is 1. The fraction of sp³-hybridized carbons (Fsp3) is 0.875. The third kappa shape index (κ3) is 2.55. The predicted octanol–water partition coefficient (Wildman–Crippen LogP) is -2.90. The summed E-state index contributed by atoms with van der Waals surface area (Å²) >= 11 is 0. The van der Waals surface area contributed by atoms with Crippen LogP contribution in [-0.4, -0.2) is 72.1 Å². The van der Waals surface area contributed by atoms with Crippen LogP contribution in [0.3, 0.4) is 0 Å². The van der Waals surface area contributed by atoms with Gasteiger partial charge in [-0.2, -0.15) is 0 Å². The van der Waals surface area contributed by atoms with Gasteiger partial charge in [-0.1, -0.05) is 6.92 Å². The molecule has 7 N–H and O–H groups in total. The lowest BCUT2D eigenvalue weighted by atomic mass is 9.84. The van der Waals surface area contributed by atoms with Crippen LogP contribution in [0.25, 0.3) is 0 Å². The molecule has 0 aliphatic rings. The minimum absolute atomic E-state index is 0.624. The maximum absolute atomic E-state index is 10.9. The molecule has 0 heterocycles. The molecule has 0 bridgehead atoms. The van der Waals surface area contributed by atoms with Crippen molar-refractivity contribution in [2.75, 3.05) is 6.61 Å². The minimum atomic E-state index is -3.51. The molecule has 0 aromatic heterocycles. The molecule has 0 saturated heterocycles. The molecular formula is C8H16O9. The first-order chi connectivity index (χ1) is 7.71. The van der Waals surface area contributed by atoms with Crippen LogP contribution in [-0.2, 0) is 9.68 Å². The number of hydrogen-bond donors (Lipinski definition) is 7. The topological polar surface area (TPSA) is 168 Å². The Morgan fingerprint density at radius 1 is 1.35 bits per heavy atom. The largest absolute Gasteiger partial charge is 0.479 e. The third-order valence-corrected chi connectivity index (χ3v) is 2.56. The summed E-state index contributed by atoms with van der Waals surface area (Å²) in [5, 5.41) is 63.3. The van der Waals surface area contributed by atoms with Crippen LogP contribution in [0.2, 0.25) is 0 Å². The second-order valence-electron chi connectivity index (χ2n) is 3.50. The zero-order valence-electron chi connectivity index (χ0n) is 9.02. The van der Waals surface area contributed by atoms with Crippen LogP contribution < -0.4 is 0 Å². The highest BCUT2D eigenvalue weighted by atomic mass is 17.1. The SMILES string of the molecule is CC[C@](OO)(C(=O)O)C(O)(O)C(O)C(O)CO. The maximum Gasteiger partial charge on any atom is 0.345 e. The van der Waals surface area contributed by atoms with E-state index in [0.29, 0.717) is 0 Å². The number of carboxylic acid groups (broad SMARTS) is 1. The van der Waals surface area contributed by atoms with Crippen LogP contribution in [0.5, 0.6) is 0 Å². The first-order valence-electron chi connectivity index (χ1n) is 4.69. The minimum Gasteiger partial charge on any atom is -0.479 e. The summed E-state index contributed by atoms with van der Waals surface area (Å²) in [6.45, 7) is 0.0957. The number of carboxylic acids is 1. The Morgan fingerprint density at radius 2 is 1.82 bits per heavy atom. The van der Waals surface area contributed by atoms with Gasteiger partial charge in [-0.25, -0.2) is 9.68 Å². The summed E-state index contributed by atoms with van der Waals surface area (Å²) in [6.07, 6.45) is -5.11. The summed E-state index contributed by atoms with van der Waals surface area (Å²) in [6, 6.07) is 0. The monoisotopic (exact) mass is 256 g/mol. The van der Waals surface area contributed by atoms with E-state index in [9.17, 15) is 20.1 Å². The molecule has 9 nitrogen and oxygen atoms in total. The van der Waals surface area contributed by atoms with Gasteiger partial charge in [0.15, 0.2) is 0 Å². The number of hydrogen-bond acceptors (Lipinski definition) is 8. The maximum atomic E-state index is 10.9. The van der Waals surface area contributed by atoms with Gasteiger partial charge in [0, 0.05) is 0 Å². The van der Waals surface area contributed by atoms with Crippen molar-refractivity contribution in [2.45, 2.75) is 36.9 Å². The van der Waals surface area contributed by atoms with Crippen LogP contribution in [0.4, 0.5) is 0 Å². The van der Waals surface area contributed by atoms with Crippen molar-refractivity contribution in [1.82, 2.24) is 0 Å². The van der Waals surface area contributed by atoms with Gasteiger partial charge in [-0.05, 0) is 6.42 Å². The molecule has 0 fully saturated rings. The van der Waals surface area contributed by atoms with Gasteiger partial charge in [0.1, 0.15) is 12.2 Å². The van der Waals surface area contributed by atoms with Gasteiger partial charge in [0.25, 0.3) is 5.60 Å². The molecule has 0 aliphatic heterocycles. The molecule has 102 valence electrons. The molecule has 0 amide bonds. The van der Waals surface area contributed by atoms with Crippen LogP contribution in [0, 0.1) is 0 Å². The zero-order chi connectivity index (χ0) is 13.9. The Hall–Kier alpha value is -0.810. The first kappa shape index (κ1) is 16.2. The van der Waals surface area contributed by atoms with Crippen LogP contribution in [0.15, 0.2) is 0 Å². The van der Waals surface area contributed by atoms with Gasteiger partial charge < -0.3 is 30.6 Å². The molecule has 17 heavy (non-hydrogen) atoms. The Kier molecular flexibility index (Phi) is 5.42. The number of aliphatic carboxylic acids is 1. The van der Waals surface area contributed by atoms with Crippen molar-refractivity contribution < 1.29 is 45.6 Å². The number of aliphatic hydroxyl groups excluding tert-OH is 3. The molecule has 0 aliphatic carbocycles. The summed E-state index contributed by atoms with van der Waals surface area (Å²) in [5.74, 6) is -5.47. The second kappa shape index (κ2) is 5.69. The molecule has 0 rings (SSSR count). The Balaban J connectivity index is 5.43. The van der Waals surface area contributed by atoms with Crippen LogP contribution in [0.1, 0.15) is 13.3 Å². The highest BCUT2D eigenvalue weighted by molar-refractivity contribution is 5.79. The number of rotatable bonds is 7. The standard InChI is InChI=1S/C8H16O9/c1-2-7(17-16,6(12)13)8(14,15)5(11)4(10)3-9/h4-5,9-11,14-16H,2-3H2,1H3,(H,12,13)/t4?,5?,7-/m0/s1. The van der Waals surface area contributed by atoms with Crippen molar-refractivity contribution in [3.05, 3.63) is 0 Å². The summed E-state index contributed by atoms with van der Waals surface area (Å²) in [4.78, 5) is 14.5. The normalized spacial score (nSPS) is 19.5. The summed E-state index contributed by atoms with van der Waals surface area (Å²) in [7, 11) is 0. The second-order valence-corrected chi connectivity index (χ2v) is 3.50. The third-order valence-electron chi connectivity index (χ3n) is 2.56. The van der Waals surface area contributed by atoms with E-state index in [2.05, 4.69) is 4.89 Å². The van der Waals surface area contributed by atoms with Gasteiger partial charge in [0.05, 0.1) is 6.61 Å². The van der Waals surface area contributed by atoms with E-state index < -0.39 is 42.6 Å². The molecule has 9 heteroatoms. The van der Waals surface area contributed by atoms with Crippen LogP contribution >= 0.6 is 0 Å². The summed E-state index contributed by atoms with van der Waals surface area (Å²) < 4.78 is 0. The average Bonchev–Trinajstić information content (AvgIpc) is 2.28. The molecule has 0 saturated carbocycles. The highest BCUT2D eigenvalue weighted by Crippen LogP contribution is 2.32. The molecule has 0 radical (unpaired) electrons. The molecule has 2 unspecified atom stereocenters. The fourth-order valence-electron chi connectivity index (χ4n) is 1.35. The smallest absolute Gasteiger partial charge is 0.345 e. The average molecular weight is 256 g/mol. The van der Waals surface area contributed by atoms with E-state index in [-0.39, 0.29) is 0 Å². The van der Waals surface area contributed by atoms with E-state index in [0.717, 1.165) is 6.92 Å². The van der Waals surface area contributed by atoms with Crippen molar-refractivity contribution in [3.63, 3.8) is 0 Å². The van der Waals surface area contributed by atoms with E-state index in [1.54, 1.807) is 0 Å². The lowest BCUT2D eigenvalue weighted by molar-refractivity contribution is -0.414. The Bertz CT molecular complexity index is 260. The van der Waals surface area contributed by atoms with E-state index >= 15 is 0 Å². The van der Waals surface area contributed by atoms with Crippen molar-refractivity contribution in [1.29, 1.82) is 0 Å². The zero-order valence-corrected chi connectivity index (χ0v) is 9.02. The first-order valence-corrected chi connectivity index (χ1v) is 4.69. The quantitative estimate of drug-likeness (QED) is 0.143. The van der Waals surface area contributed by atoms with Crippen molar-refractivity contribution >= 4 is 5.97 Å². The van der Waals surface area contributed by atoms with Gasteiger partial charge in [-0.15, -0.1) is 0 Å². The van der Waals surface area contributed by atoms with E-state index in [1.165, 1.54) is 0 Å². The van der Waals surface area contributed by atoms with Crippen molar-refractivity contribution in [3.8, 4) is 0 Å². The Labute approximate surface area is 96.1 Å². The van der Waals surface area contributed by atoms with E-state index in [1.807, 2.05) is 0 Å². The van der Waals surface area contributed by atoms with E-state index in [4.69, 9.17) is 20.6 Å². The molecule has 3 atom stereocenters. The number of aliphatic hydroxyl groups is 5.